The smallest absolute Gasteiger partial charge is 0.250 e. The van der Waals surface area contributed by atoms with Crippen LogP contribution in [0.4, 0.5) is 5.69 Å². The van der Waals surface area contributed by atoms with Crippen LogP contribution >= 0.6 is 0 Å². The minimum atomic E-state index is -0.0395. The Hall–Kier alpha value is -1.62. The second-order valence-corrected chi connectivity index (χ2v) is 6.21. The molecule has 2 heterocycles. The summed E-state index contributed by atoms with van der Waals surface area (Å²) in [6.45, 7) is 2.52. The number of nitrogens with zero attached hydrogens (tertiary/aromatic N) is 2. The molecule has 2 aliphatic rings. The maximum atomic E-state index is 12.5. The molecular formula is C16H23N3O2. The maximum absolute atomic E-state index is 12.5. The third-order valence-electron chi connectivity index (χ3n) is 5.05. The highest BCUT2D eigenvalue weighted by Gasteiger charge is 2.44. The zero-order valence-corrected chi connectivity index (χ0v) is 12.7. The van der Waals surface area contributed by atoms with E-state index in [1.807, 2.05) is 6.92 Å². The van der Waals surface area contributed by atoms with Crippen molar-refractivity contribution in [3.8, 4) is 0 Å². The summed E-state index contributed by atoms with van der Waals surface area (Å²) in [6.07, 6.45) is 6.43. The summed E-state index contributed by atoms with van der Waals surface area (Å²) in [4.78, 5) is 26.3. The average molecular weight is 289 g/mol. The molecular weight excluding hydrogens is 266 g/mol. The molecule has 3 rings (SSSR count). The van der Waals surface area contributed by atoms with Gasteiger partial charge in [-0.2, -0.15) is 0 Å². The van der Waals surface area contributed by atoms with Crippen LogP contribution in [0.3, 0.4) is 0 Å². The van der Waals surface area contributed by atoms with Gasteiger partial charge >= 0.3 is 0 Å². The summed E-state index contributed by atoms with van der Waals surface area (Å²) in [7, 11) is 2.06. The first-order valence-corrected chi connectivity index (χ1v) is 7.83. The van der Waals surface area contributed by atoms with Gasteiger partial charge in [0.25, 0.3) is 5.56 Å². The molecule has 1 N–H and O–H groups in total. The third-order valence-corrected chi connectivity index (χ3v) is 5.05. The van der Waals surface area contributed by atoms with Gasteiger partial charge in [0, 0.05) is 24.8 Å². The predicted molar refractivity (Wildman–Crippen MR) is 82.3 cm³/mol. The topological polar surface area (TPSA) is 54.3 Å². The first kappa shape index (κ1) is 14.3. The predicted octanol–water partition coefficient (Wildman–Crippen LogP) is 1.68. The first-order valence-electron chi connectivity index (χ1n) is 7.83. The Labute approximate surface area is 124 Å². The summed E-state index contributed by atoms with van der Waals surface area (Å²) in [5.41, 5.74) is 0.662. The van der Waals surface area contributed by atoms with Gasteiger partial charge in [-0.3, -0.25) is 14.5 Å². The largest absolute Gasteiger partial charge is 0.323 e. The van der Waals surface area contributed by atoms with Crippen molar-refractivity contribution < 1.29 is 4.79 Å². The number of fused-ring (bicyclic) bond motifs is 1. The van der Waals surface area contributed by atoms with E-state index in [0.717, 1.165) is 6.42 Å². The van der Waals surface area contributed by atoms with Crippen molar-refractivity contribution in [1.29, 1.82) is 0 Å². The van der Waals surface area contributed by atoms with Gasteiger partial charge in [0.05, 0.1) is 11.7 Å². The SMILES string of the molecule is CCn1cc(NC(=O)C2CC3CCCC3N2C)ccc1=O. The molecule has 1 saturated carbocycles. The van der Waals surface area contributed by atoms with Crippen molar-refractivity contribution in [2.45, 2.75) is 51.2 Å². The second-order valence-electron chi connectivity index (χ2n) is 6.21. The lowest BCUT2D eigenvalue weighted by atomic mass is 10.0. The number of carbonyl (C=O) groups is 1. The number of nitrogens with one attached hydrogen (secondary N) is 1. The Morgan fingerprint density at radius 3 is 2.90 bits per heavy atom. The highest BCUT2D eigenvalue weighted by atomic mass is 16.2. The van der Waals surface area contributed by atoms with Crippen molar-refractivity contribution in [2.75, 3.05) is 12.4 Å². The number of hydrogen-bond donors (Lipinski definition) is 1. The van der Waals surface area contributed by atoms with Crippen LogP contribution in [0.15, 0.2) is 23.1 Å². The quantitative estimate of drug-likeness (QED) is 0.921. The summed E-state index contributed by atoms with van der Waals surface area (Å²) in [6, 6.07) is 3.72. The van der Waals surface area contributed by atoms with Gasteiger partial charge in [-0.15, -0.1) is 0 Å². The van der Waals surface area contributed by atoms with E-state index in [9.17, 15) is 9.59 Å². The molecule has 3 unspecified atom stereocenters. The molecule has 0 radical (unpaired) electrons. The van der Waals surface area contributed by atoms with Crippen LogP contribution < -0.4 is 10.9 Å². The van der Waals surface area contributed by atoms with Crippen LogP contribution in [0.5, 0.6) is 0 Å². The summed E-state index contributed by atoms with van der Waals surface area (Å²) >= 11 is 0. The van der Waals surface area contributed by atoms with Crippen LogP contribution in [0, 0.1) is 5.92 Å². The highest BCUT2D eigenvalue weighted by Crippen LogP contribution is 2.40. The van der Waals surface area contributed by atoms with Gasteiger partial charge < -0.3 is 9.88 Å². The molecule has 1 aromatic heterocycles. The summed E-state index contributed by atoms with van der Waals surface area (Å²) < 4.78 is 1.60. The van der Waals surface area contributed by atoms with Gasteiger partial charge in [0.1, 0.15) is 0 Å². The Morgan fingerprint density at radius 2 is 2.19 bits per heavy atom. The molecule has 0 bridgehead atoms. The number of aromatic nitrogens is 1. The second kappa shape index (κ2) is 5.64. The number of likely N-dealkylation sites (tertiary alicyclic amines) is 1. The molecule has 1 saturated heterocycles. The van der Waals surface area contributed by atoms with Crippen LogP contribution in [0.2, 0.25) is 0 Å². The number of amides is 1. The molecule has 114 valence electrons. The first-order chi connectivity index (χ1) is 10.1. The number of hydrogen-bond acceptors (Lipinski definition) is 3. The zero-order chi connectivity index (χ0) is 15.0. The molecule has 0 aromatic carbocycles. The van der Waals surface area contributed by atoms with Crippen molar-refractivity contribution in [3.63, 3.8) is 0 Å². The molecule has 2 fully saturated rings. The minimum absolute atomic E-state index is 0.0389. The Balaban J connectivity index is 1.71. The fourth-order valence-electron chi connectivity index (χ4n) is 3.88. The molecule has 1 aromatic rings. The lowest BCUT2D eigenvalue weighted by molar-refractivity contribution is -0.120. The molecule has 21 heavy (non-hydrogen) atoms. The van der Waals surface area contributed by atoms with E-state index in [0.29, 0.717) is 24.2 Å². The number of anilines is 1. The molecule has 1 aliphatic heterocycles. The van der Waals surface area contributed by atoms with Gasteiger partial charge in [-0.05, 0) is 45.2 Å². The van der Waals surface area contributed by atoms with Crippen LogP contribution in [0.1, 0.15) is 32.6 Å². The minimum Gasteiger partial charge on any atom is -0.323 e. The fraction of sp³-hybridized carbons (Fsp3) is 0.625. The highest BCUT2D eigenvalue weighted by molar-refractivity contribution is 5.95. The van der Waals surface area contributed by atoms with E-state index in [-0.39, 0.29) is 17.5 Å². The average Bonchev–Trinajstić information content (AvgIpc) is 3.04. The lowest BCUT2D eigenvalue weighted by Crippen LogP contribution is -2.40. The summed E-state index contributed by atoms with van der Waals surface area (Å²) in [5, 5.41) is 2.97. The standard InChI is InChI=1S/C16H23N3O2/c1-3-19-10-12(7-8-15(19)20)17-16(21)14-9-11-5-4-6-13(11)18(14)2/h7-8,10-11,13-14H,3-6,9H2,1-2H3,(H,17,21). The van der Waals surface area contributed by atoms with E-state index in [2.05, 4.69) is 17.3 Å². The molecule has 0 spiro atoms. The van der Waals surface area contributed by atoms with Gasteiger partial charge in [0.2, 0.25) is 5.91 Å². The Morgan fingerprint density at radius 1 is 1.38 bits per heavy atom. The third kappa shape index (κ3) is 2.62. The number of pyridine rings is 1. The number of aryl methyl sites for hydroxylation is 1. The fourth-order valence-corrected chi connectivity index (χ4v) is 3.88. The molecule has 3 atom stereocenters. The maximum Gasteiger partial charge on any atom is 0.250 e. The Bertz CT molecular complexity index is 595. The van der Waals surface area contributed by atoms with Crippen LogP contribution in [-0.2, 0) is 11.3 Å². The van der Waals surface area contributed by atoms with Crippen molar-refractivity contribution >= 4 is 11.6 Å². The van der Waals surface area contributed by atoms with E-state index in [1.165, 1.54) is 25.3 Å². The molecule has 1 amide bonds. The van der Waals surface area contributed by atoms with Crippen molar-refractivity contribution in [1.82, 2.24) is 9.47 Å². The van der Waals surface area contributed by atoms with E-state index < -0.39 is 0 Å². The van der Waals surface area contributed by atoms with Crippen LogP contribution in [0.25, 0.3) is 0 Å². The monoisotopic (exact) mass is 289 g/mol. The van der Waals surface area contributed by atoms with E-state index >= 15 is 0 Å². The molecule has 5 heteroatoms. The number of rotatable bonds is 3. The van der Waals surface area contributed by atoms with Gasteiger partial charge in [-0.1, -0.05) is 6.42 Å². The lowest BCUT2D eigenvalue weighted by Gasteiger charge is -2.24. The van der Waals surface area contributed by atoms with Crippen LogP contribution in [-0.4, -0.2) is 34.5 Å². The molecule has 5 nitrogen and oxygen atoms in total. The van der Waals surface area contributed by atoms with Crippen molar-refractivity contribution in [2.24, 2.45) is 5.92 Å². The van der Waals surface area contributed by atoms with Gasteiger partial charge in [0.15, 0.2) is 0 Å². The van der Waals surface area contributed by atoms with E-state index in [1.54, 1.807) is 16.8 Å². The molecule has 1 aliphatic carbocycles. The summed E-state index contributed by atoms with van der Waals surface area (Å²) in [5.74, 6) is 0.726. The number of likely N-dealkylation sites (N-methyl/N-ethyl adjacent to an activating group) is 1. The normalized spacial score (nSPS) is 28.6. The Kier molecular flexibility index (Phi) is 3.85. The van der Waals surface area contributed by atoms with Crippen molar-refractivity contribution in [3.05, 3.63) is 28.7 Å². The number of carbonyl (C=O) groups excluding carboxylic acids is 1. The zero-order valence-electron chi connectivity index (χ0n) is 12.7. The van der Waals surface area contributed by atoms with Gasteiger partial charge in [-0.25, -0.2) is 0 Å². The van der Waals surface area contributed by atoms with E-state index in [4.69, 9.17) is 0 Å².